The molecule has 140 valence electrons. The van der Waals surface area contributed by atoms with E-state index in [4.69, 9.17) is 9.47 Å². The van der Waals surface area contributed by atoms with Crippen molar-refractivity contribution in [2.75, 3.05) is 14.2 Å². The molecule has 0 saturated carbocycles. The summed E-state index contributed by atoms with van der Waals surface area (Å²) in [5, 5.41) is 25.6. The van der Waals surface area contributed by atoms with E-state index >= 15 is 0 Å². The molecule has 0 aliphatic heterocycles. The lowest BCUT2D eigenvalue weighted by Gasteiger charge is -2.08. The third kappa shape index (κ3) is 4.54. The van der Waals surface area contributed by atoms with Gasteiger partial charge in [0, 0.05) is 35.4 Å². The fraction of sp³-hybridized carbons (Fsp3) is 0.125. The zero-order valence-corrected chi connectivity index (χ0v) is 14.2. The zero-order chi connectivity index (χ0) is 20.0. The van der Waals surface area contributed by atoms with Gasteiger partial charge in [-0.2, -0.15) is 5.10 Å². The quantitative estimate of drug-likeness (QED) is 0.444. The van der Waals surface area contributed by atoms with E-state index in [0.717, 1.165) is 12.3 Å². The van der Waals surface area contributed by atoms with E-state index < -0.39 is 15.8 Å². The molecule has 11 nitrogen and oxygen atoms in total. The molecule has 1 N–H and O–H groups in total. The summed E-state index contributed by atoms with van der Waals surface area (Å²) in [5.41, 5.74) is 1.92. The van der Waals surface area contributed by atoms with Crippen LogP contribution in [0.25, 0.3) is 0 Å². The van der Waals surface area contributed by atoms with Crippen LogP contribution in [0.3, 0.4) is 0 Å². The van der Waals surface area contributed by atoms with Crippen LogP contribution in [0.1, 0.15) is 15.9 Å². The van der Waals surface area contributed by atoms with Crippen molar-refractivity contribution in [1.29, 1.82) is 0 Å². The van der Waals surface area contributed by atoms with Gasteiger partial charge >= 0.3 is 5.69 Å². The van der Waals surface area contributed by atoms with Gasteiger partial charge in [-0.05, 0) is 6.07 Å². The second-order valence-electron chi connectivity index (χ2n) is 5.03. The minimum Gasteiger partial charge on any atom is -0.496 e. The SMILES string of the molecule is COc1cc(OC)c([N+](=O)[O-])cc1/C=N/NC(=O)c1cccc([N+](=O)[O-])c1. The first-order valence-electron chi connectivity index (χ1n) is 7.35. The largest absolute Gasteiger partial charge is 0.496 e. The molecule has 1 amide bonds. The van der Waals surface area contributed by atoms with Crippen molar-refractivity contribution in [2.24, 2.45) is 5.10 Å². The summed E-state index contributed by atoms with van der Waals surface area (Å²) in [6.45, 7) is 0. The molecular weight excluding hydrogens is 360 g/mol. The Balaban J connectivity index is 2.23. The van der Waals surface area contributed by atoms with Gasteiger partial charge in [-0.25, -0.2) is 5.43 Å². The van der Waals surface area contributed by atoms with Gasteiger partial charge in [-0.1, -0.05) is 6.07 Å². The summed E-state index contributed by atoms with van der Waals surface area (Å²) < 4.78 is 10.1. The summed E-state index contributed by atoms with van der Waals surface area (Å²) in [6, 6.07) is 7.61. The van der Waals surface area contributed by atoms with Gasteiger partial charge in [0.25, 0.3) is 11.6 Å². The Hall–Kier alpha value is -4.02. The molecular formula is C16H14N4O7. The van der Waals surface area contributed by atoms with Crippen LogP contribution in [-0.4, -0.2) is 36.2 Å². The van der Waals surface area contributed by atoms with E-state index in [9.17, 15) is 25.0 Å². The van der Waals surface area contributed by atoms with Crippen LogP contribution in [0.5, 0.6) is 11.5 Å². The maximum atomic E-state index is 12.0. The van der Waals surface area contributed by atoms with Crippen LogP contribution in [0.4, 0.5) is 11.4 Å². The summed E-state index contributed by atoms with van der Waals surface area (Å²) in [5.74, 6) is -0.433. The third-order valence-electron chi connectivity index (χ3n) is 3.42. The lowest BCUT2D eigenvalue weighted by molar-refractivity contribution is -0.385. The van der Waals surface area contributed by atoms with Crippen molar-refractivity contribution in [3.63, 3.8) is 0 Å². The average Bonchev–Trinajstić information content (AvgIpc) is 2.67. The molecule has 0 aliphatic rings. The lowest BCUT2D eigenvalue weighted by atomic mass is 10.1. The Labute approximate surface area is 152 Å². The third-order valence-corrected chi connectivity index (χ3v) is 3.42. The highest BCUT2D eigenvalue weighted by atomic mass is 16.6. The molecule has 0 aliphatic carbocycles. The number of nitro groups is 2. The molecule has 2 aromatic rings. The lowest BCUT2D eigenvalue weighted by Crippen LogP contribution is -2.17. The fourth-order valence-corrected chi connectivity index (χ4v) is 2.14. The number of nitro benzene ring substituents is 2. The highest BCUT2D eigenvalue weighted by Gasteiger charge is 2.19. The standard InChI is InChI=1S/C16H14N4O7/c1-26-14-8-15(27-2)13(20(24)25)7-11(14)9-17-18-16(21)10-4-3-5-12(6-10)19(22)23/h3-9H,1-2H3,(H,18,21)/b17-9+. The first-order chi connectivity index (χ1) is 12.9. The number of hydrazone groups is 1. The predicted octanol–water partition coefficient (Wildman–Crippen LogP) is 2.28. The number of nitrogens with one attached hydrogen (secondary N) is 1. The minimum atomic E-state index is -0.683. The van der Waals surface area contributed by atoms with Crippen molar-refractivity contribution in [1.82, 2.24) is 5.43 Å². The first kappa shape index (κ1) is 19.3. The molecule has 0 bridgehead atoms. The molecule has 0 spiro atoms. The summed E-state index contributed by atoms with van der Waals surface area (Å²) in [6.07, 6.45) is 1.15. The number of carbonyl (C=O) groups excluding carboxylic acids is 1. The van der Waals surface area contributed by atoms with Gasteiger partial charge in [-0.3, -0.25) is 25.0 Å². The van der Waals surface area contributed by atoms with Gasteiger partial charge in [0.05, 0.1) is 30.3 Å². The number of hydrogen-bond acceptors (Lipinski definition) is 8. The minimum absolute atomic E-state index is 0.00892. The van der Waals surface area contributed by atoms with E-state index in [1.54, 1.807) is 0 Å². The second kappa shape index (κ2) is 8.38. The fourth-order valence-electron chi connectivity index (χ4n) is 2.14. The molecule has 2 rings (SSSR count). The van der Waals surface area contributed by atoms with E-state index in [-0.39, 0.29) is 34.0 Å². The first-order valence-corrected chi connectivity index (χ1v) is 7.35. The van der Waals surface area contributed by atoms with Crippen molar-refractivity contribution in [3.8, 4) is 11.5 Å². The number of nitrogens with zero attached hydrogens (tertiary/aromatic N) is 3. The number of benzene rings is 2. The Morgan fingerprint density at radius 1 is 1.07 bits per heavy atom. The summed E-state index contributed by atoms with van der Waals surface area (Å²) in [4.78, 5) is 32.6. The Kier molecular flexibility index (Phi) is 5.99. The van der Waals surface area contributed by atoms with E-state index in [0.29, 0.717) is 0 Å². The molecule has 0 unspecified atom stereocenters. The van der Waals surface area contributed by atoms with Gasteiger partial charge in [0.1, 0.15) is 5.75 Å². The topological polar surface area (TPSA) is 146 Å². The highest BCUT2D eigenvalue weighted by molar-refractivity contribution is 5.95. The predicted molar refractivity (Wildman–Crippen MR) is 94.4 cm³/mol. The molecule has 0 atom stereocenters. The van der Waals surface area contributed by atoms with Gasteiger partial charge in [0.15, 0.2) is 0 Å². The van der Waals surface area contributed by atoms with Crippen LogP contribution >= 0.6 is 0 Å². The van der Waals surface area contributed by atoms with Crippen molar-refractivity contribution < 1.29 is 24.1 Å². The number of non-ortho nitro benzene ring substituents is 1. The highest BCUT2D eigenvalue weighted by Crippen LogP contribution is 2.33. The molecule has 0 radical (unpaired) electrons. The maximum Gasteiger partial charge on any atom is 0.311 e. The van der Waals surface area contributed by atoms with Gasteiger partial charge in [0.2, 0.25) is 5.75 Å². The van der Waals surface area contributed by atoms with Crippen molar-refractivity contribution in [2.45, 2.75) is 0 Å². The molecule has 0 fully saturated rings. The zero-order valence-electron chi connectivity index (χ0n) is 14.2. The average molecular weight is 374 g/mol. The number of amides is 1. The molecule has 27 heavy (non-hydrogen) atoms. The Morgan fingerprint density at radius 2 is 1.78 bits per heavy atom. The number of rotatable bonds is 7. The second-order valence-corrected chi connectivity index (χ2v) is 5.03. The summed E-state index contributed by atoms with van der Waals surface area (Å²) in [7, 11) is 2.65. The number of methoxy groups -OCH3 is 2. The number of ether oxygens (including phenoxy) is 2. The summed E-state index contributed by atoms with van der Waals surface area (Å²) >= 11 is 0. The molecule has 2 aromatic carbocycles. The molecule has 11 heteroatoms. The van der Waals surface area contributed by atoms with E-state index in [1.165, 1.54) is 44.6 Å². The Bertz CT molecular complexity index is 927. The normalized spacial score (nSPS) is 10.4. The number of carbonyl (C=O) groups is 1. The van der Waals surface area contributed by atoms with Gasteiger partial charge < -0.3 is 9.47 Å². The van der Waals surface area contributed by atoms with Crippen LogP contribution in [-0.2, 0) is 0 Å². The Morgan fingerprint density at radius 3 is 2.37 bits per heavy atom. The number of hydrogen-bond donors (Lipinski definition) is 1. The van der Waals surface area contributed by atoms with Crippen LogP contribution in [0.15, 0.2) is 41.5 Å². The van der Waals surface area contributed by atoms with E-state index in [2.05, 4.69) is 10.5 Å². The van der Waals surface area contributed by atoms with Gasteiger partial charge in [-0.15, -0.1) is 0 Å². The molecule has 0 aromatic heterocycles. The van der Waals surface area contributed by atoms with Crippen molar-refractivity contribution >= 4 is 23.5 Å². The van der Waals surface area contributed by atoms with Crippen LogP contribution in [0, 0.1) is 20.2 Å². The van der Waals surface area contributed by atoms with E-state index in [1.807, 2.05) is 0 Å². The maximum absolute atomic E-state index is 12.0. The molecule has 0 saturated heterocycles. The van der Waals surface area contributed by atoms with Crippen molar-refractivity contribution in [3.05, 3.63) is 67.8 Å². The monoisotopic (exact) mass is 374 g/mol. The van der Waals surface area contributed by atoms with Crippen LogP contribution < -0.4 is 14.9 Å². The van der Waals surface area contributed by atoms with Crippen LogP contribution in [0.2, 0.25) is 0 Å². The smallest absolute Gasteiger partial charge is 0.311 e. The molecule has 0 heterocycles.